The topological polar surface area (TPSA) is 55.1 Å². The van der Waals surface area contributed by atoms with Gasteiger partial charge in [0.25, 0.3) is 5.91 Å². The van der Waals surface area contributed by atoms with Crippen LogP contribution in [0.5, 0.6) is 0 Å². The SMILES string of the molecule is CC(N)(C(=O)Nc1cc(Br)ccc1Cl)C(F)(F)F. The average Bonchev–Trinajstić information content (AvgIpc) is 2.21. The van der Waals surface area contributed by atoms with E-state index in [4.69, 9.17) is 17.3 Å². The van der Waals surface area contributed by atoms with Crippen molar-refractivity contribution in [3.8, 4) is 0 Å². The third-order valence-corrected chi connectivity index (χ3v) is 3.06. The van der Waals surface area contributed by atoms with Gasteiger partial charge in [-0.05, 0) is 25.1 Å². The third kappa shape index (κ3) is 3.15. The molecule has 0 radical (unpaired) electrons. The van der Waals surface area contributed by atoms with E-state index < -0.39 is 17.6 Å². The molecule has 0 fully saturated rings. The van der Waals surface area contributed by atoms with E-state index in [-0.39, 0.29) is 10.7 Å². The lowest BCUT2D eigenvalue weighted by Gasteiger charge is -2.26. The molecule has 1 unspecified atom stereocenters. The van der Waals surface area contributed by atoms with Gasteiger partial charge in [-0.15, -0.1) is 0 Å². The summed E-state index contributed by atoms with van der Waals surface area (Å²) in [6.07, 6.45) is -4.85. The first-order chi connectivity index (χ1) is 8.05. The predicted molar refractivity (Wildman–Crippen MR) is 66.4 cm³/mol. The van der Waals surface area contributed by atoms with E-state index >= 15 is 0 Å². The molecule has 0 saturated carbocycles. The summed E-state index contributed by atoms with van der Waals surface area (Å²) >= 11 is 8.86. The molecule has 8 heteroatoms. The number of rotatable bonds is 2. The Morgan fingerprint density at radius 1 is 1.44 bits per heavy atom. The van der Waals surface area contributed by atoms with E-state index in [0.29, 0.717) is 11.4 Å². The third-order valence-electron chi connectivity index (χ3n) is 2.24. The highest BCUT2D eigenvalue weighted by Crippen LogP contribution is 2.31. The highest BCUT2D eigenvalue weighted by molar-refractivity contribution is 9.10. The average molecular weight is 346 g/mol. The van der Waals surface area contributed by atoms with Crippen LogP contribution in [0.25, 0.3) is 0 Å². The Bertz CT molecular complexity index is 477. The normalized spacial score (nSPS) is 15.1. The van der Waals surface area contributed by atoms with Gasteiger partial charge in [-0.2, -0.15) is 13.2 Å². The summed E-state index contributed by atoms with van der Waals surface area (Å²) in [5, 5.41) is 2.17. The van der Waals surface area contributed by atoms with Crippen LogP contribution in [0.15, 0.2) is 22.7 Å². The van der Waals surface area contributed by atoms with E-state index in [2.05, 4.69) is 21.2 Å². The molecule has 0 aromatic heterocycles. The zero-order chi connectivity index (χ0) is 14.1. The maximum Gasteiger partial charge on any atom is 0.415 e. The Balaban J connectivity index is 2.98. The fraction of sp³-hybridized carbons (Fsp3) is 0.300. The van der Waals surface area contributed by atoms with Crippen LogP contribution in [0.2, 0.25) is 5.02 Å². The van der Waals surface area contributed by atoms with Crippen molar-refractivity contribution in [3.05, 3.63) is 27.7 Å². The van der Waals surface area contributed by atoms with Gasteiger partial charge < -0.3 is 11.1 Å². The Hall–Kier alpha value is -0.790. The number of carbonyl (C=O) groups excluding carboxylic acids is 1. The minimum absolute atomic E-state index is 0.0527. The van der Waals surface area contributed by atoms with Crippen molar-refractivity contribution in [2.45, 2.75) is 18.6 Å². The maximum absolute atomic E-state index is 12.5. The Morgan fingerprint density at radius 2 is 2.00 bits per heavy atom. The second-order valence-corrected chi connectivity index (χ2v) is 5.10. The zero-order valence-electron chi connectivity index (χ0n) is 9.11. The van der Waals surface area contributed by atoms with E-state index in [1.54, 1.807) is 6.07 Å². The highest BCUT2D eigenvalue weighted by Gasteiger charge is 2.54. The maximum atomic E-state index is 12.5. The zero-order valence-corrected chi connectivity index (χ0v) is 11.4. The van der Waals surface area contributed by atoms with Gasteiger partial charge in [0.2, 0.25) is 0 Å². The molecule has 0 bridgehead atoms. The smallest absolute Gasteiger partial charge is 0.323 e. The van der Waals surface area contributed by atoms with Crippen molar-refractivity contribution < 1.29 is 18.0 Å². The van der Waals surface area contributed by atoms with Crippen LogP contribution in [-0.4, -0.2) is 17.6 Å². The summed E-state index contributed by atoms with van der Waals surface area (Å²) < 4.78 is 38.2. The molecule has 100 valence electrons. The van der Waals surface area contributed by atoms with E-state index in [1.165, 1.54) is 12.1 Å². The number of benzene rings is 1. The van der Waals surface area contributed by atoms with Crippen molar-refractivity contribution >= 4 is 39.1 Å². The van der Waals surface area contributed by atoms with E-state index in [9.17, 15) is 18.0 Å². The molecule has 1 rings (SSSR count). The molecule has 0 aliphatic rings. The number of anilines is 1. The number of hydrogen-bond donors (Lipinski definition) is 2. The predicted octanol–water partition coefficient (Wildman–Crippen LogP) is 3.32. The minimum atomic E-state index is -4.85. The van der Waals surface area contributed by atoms with E-state index in [0.717, 1.165) is 0 Å². The molecule has 0 heterocycles. The van der Waals surface area contributed by atoms with Gasteiger partial charge in [-0.3, -0.25) is 4.79 Å². The molecule has 18 heavy (non-hydrogen) atoms. The lowest BCUT2D eigenvalue weighted by atomic mass is 10.0. The van der Waals surface area contributed by atoms with Crippen molar-refractivity contribution in [2.24, 2.45) is 5.73 Å². The van der Waals surface area contributed by atoms with Gasteiger partial charge in [0, 0.05) is 4.47 Å². The van der Waals surface area contributed by atoms with Crippen LogP contribution in [0.1, 0.15) is 6.92 Å². The monoisotopic (exact) mass is 344 g/mol. The quantitative estimate of drug-likeness (QED) is 0.864. The van der Waals surface area contributed by atoms with Gasteiger partial charge >= 0.3 is 6.18 Å². The molecule has 0 aliphatic carbocycles. The molecule has 0 saturated heterocycles. The van der Waals surface area contributed by atoms with Crippen LogP contribution in [0.3, 0.4) is 0 Å². The standard InChI is InChI=1S/C10H9BrClF3N2O/c1-9(16,10(13,14)15)8(18)17-7-4-5(11)2-3-6(7)12/h2-4H,16H2,1H3,(H,17,18). The fourth-order valence-electron chi connectivity index (χ4n) is 0.974. The number of amides is 1. The Morgan fingerprint density at radius 3 is 2.50 bits per heavy atom. The molecule has 0 spiro atoms. The molecular weight excluding hydrogens is 336 g/mol. The summed E-state index contributed by atoms with van der Waals surface area (Å²) in [4.78, 5) is 11.5. The molecule has 1 amide bonds. The lowest BCUT2D eigenvalue weighted by Crippen LogP contribution is -2.59. The fourth-order valence-corrected chi connectivity index (χ4v) is 1.50. The summed E-state index contributed by atoms with van der Waals surface area (Å²) in [7, 11) is 0. The number of carbonyl (C=O) groups is 1. The van der Waals surface area contributed by atoms with Crippen LogP contribution in [0.4, 0.5) is 18.9 Å². The summed E-state index contributed by atoms with van der Waals surface area (Å²) in [5.74, 6) is -1.38. The molecule has 3 nitrogen and oxygen atoms in total. The second-order valence-electron chi connectivity index (χ2n) is 3.78. The van der Waals surface area contributed by atoms with Crippen molar-refractivity contribution in [3.63, 3.8) is 0 Å². The molecule has 0 aliphatic heterocycles. The summed E-state index contributed by atoms with van der Waals surface area (Å²) in [6, 6.07) is 4.40. The number of hydrogen-bond acceptors (Lipinski definition) is 2. The first-order valence-electron chi connectivity index (χ1n) is 4.68. The minimum Gasteiger partial charge on any atom is -0.323 e. The van der Waals surface area contributed by atoms with Crippen LogP contribution >= 0.6 is 27.5 Å². The van der Waals surface area contributed by atoms with Crippen LogP contribution in [-0.2, 0) is 4.79 Å². The van der Waals surface area contributed by atoms with Crippen molar-refractivity contribution in [2.75, 3.05) is 5.32 Å². The van der Waals surface area contributed by atoms with Gasteiger partial charge in [-0.1, -0.05) is 27.5 Å². The molecule has 1 aromatic carbocycles. The van der Waals surface area contributed by atoms with E-state index in [1.807, 2.05) is 0 Å². The number of alkyl halides is 3. The second kappa shape index (κ2) is 5.07. The van der Waals surface area contributed by atoms with Crippen LogP contribution in [0, 0.1) is 0 Å². The largest absolute Gasteiger partial charge is 0.415 e. The summed E-state index contributed by atoms with van der Waals surface area (Å²) in [6.45, 7) is 0.591. The molecule has 1 aromatic rings. The van der Waals surface area contributed by atoms with Crippen molar-refractivity contribution in [1.29, 1.82) is 0 Å². The van der Waals surface area contributed by atoms with Gasteiger partial charge in [0.15, 0.2) is 5.54 Å². The summed E-state index contributed by atoms with van der Waals surface area (Å²) in [5.41, 5.74) is 2.05. The Labute approximate surface area is 115 Å². The molecular formula is C10H9BrClF3N2O. The lowest BCUT2D eigenvalue weighted by molar-refractivity contribution is -0.184. The number of halogens is 5. The number of nitrogens with one attached hydrogen (secondary N) is 1. The number of nitrogens with two attached hydrogens (primary N) is 1. The van der Waals surface area contributed by atoms with Gasteiger partial charge in [0.05, 0.1) is 10.7 Å². The molecule has 3 N–H and O–H groups in total. The first-order valence-corrected chi connectivity index (χ1v) is 5.85. The van der Waals surface area contributed by atoms with Crippen molar-refractivity contribution in [1.82, 2.24) is 0 Å². The van der Waals surface area contributed by atoms with Gasteiger partial charge in [0.1, 0.15) is 0 Å². The Kier molecular flexibility index (Phi) is 4.30. The van der Waals surface area contributed by atoms with Gasteiger partial charge in [-0.25, -0.2) is 0 Å². The highest BCUT2D eigenvalue weighted by atomic mass is 79.9. The molecule has 1 atom stereocenters. The van der Waals surface area contributed by atoms with Crippen LogP contribution < -0.4 is 11.1 Å². The first kappa shape index (κ1) is 15.3.